The third-order valence-corrected chi connectivity index (χ3v) is 19.1. The lowest BCUT2D eigenvalue weighted by molar-refractivity contribution is 0.439. The molecular weight excluding hydrogens is 937 g/mol. The Morgan fingerprint density at radius 3 is 0.705 bits per heavy atom. The molecule has 0 spiro atoms. The molecule has 0 heterocycles. The number of hydrogen-bond donors (Lipinski definition) is 0. The van der Waals surface area contributed by atoms with Gasteiger partial charge in [0.2, 0.25) is 0 Å². The van der Waals surface area contributed by atoms with E-state index in [2.05, 4.69) is 98.7 Å². The Hall–Kier alpha value is -1.56. The van der Waals surface area contributed by atoms with Gasteiger partial charge in [-0.1, -0.05) is 400 Å². The van der Waals surface area contributed by atoms with Crippen LogP contribution in [0, 0.1) is 0 Å². The molecule has 0 heteroatoms. The Bertz CT molecular complexity index is 1470. The molecule has 0 unspecified atom stereocenters. The van der Waals surface area contributed by atoms with Crippen molar-refractivity contribution in [1.29, 1.82) is 0 Å². The van der Waals surface area contributed by atoms with Gasteiger partial charge in [-0.15, -0.1) is 0 Å². The van der Waals surface area contributed by atoms with Gasteiger partial charge in [-0.2, -0.15) is 0 Å². The van der Waals surface area contributed by atoms with Crippen LogP contribution < -0.4 is 0 Å². The van der Waals surface area contributed by atoms with Crippen LogP contribution in [0.1, 0.15) is 435 Å². The largest absolute Gasteiger partial charge is 0.0654 e. The summed E-state index contributed by atoms with van der Waals surface area (Å²) in [4.78, 5) is 0. The number of unbranched alkanes of at least 4 members (excludes halogenated alkanes) is 44. The van der Waals surface area contributed by atoms with E-state index in [1.54, 1.807) is 33.4 Å². The van der Waals surface area contributed by atoms with E-state index in [0.717, 1.165) is 0 Å². The molecule has 0 aliphatic rings. The lowest BCUT2D eigenvalue weighted by Crippen LogP contribution is -2.20. The molecule has 2 aromatic rings. The summed E-state index contributed by atoms with van der Waals surface area (Å²) in [6.45, 7) is 22.1. The highest BCUT2D eigenvalue weighted by Crippen LogP contribution is 2.41. The fraction of sp³-hybridized carbons (Fsp3) is 0.846. The first kappa shape index (κ1) is 72.5. The third kappa shape index (κ3) is 36.1. The Morgan fingerprint density at radius 1 is 0.256 bits per heavy atom. The van der Waals surface area contributed by atoms with E-state index < -0.39 is 0 Å². The molecule has 0 radical (unpaired) electrons. The Labute approximate surface area is 493 Å². The average Bonchev–Trinajstić information content (AvgIpc) is 3.49. The number of aryl methyl sites for hydroxylation is 2. The molecular formula is C78H142. The molecule has 0 aromatic heterocycles. The van der Waals surface area contributed by atoms with Crippen LogP contribution in [0.5, 0.6) is 0 Å². The van der Waals surface area contributed by atoms with Crippen LogP contribution in [-0.2, 0) is 23.7 Å². The van der Waals surface area contributed by atoms with Gasteiger partial charge in [0, 0.05) is 5.92 Å². The topological polar surface area (TPSA) is 0 Å². The van der Waals surface area contributed by atoms with Crippen LogP contribution in [0.15, 0.2) is 36.4 Å². The van der Waals surface area contributed by atoms with E-state index in [9.17, 15) is 0 Å². The maximum Gasteiger partial charge on any atom is 0.00949 e. The molecule has 0 amide bonds. The smallest absolute Gasteiger partial charge is 0.00949 e. The predicted molar refractivity (Wildman–Crippen MR) is 357 cm³/mol. The van der Waals surface area contributed by atoms with Crippen molar-refractivity contribution in [3.8, 4) is 0 Å². The monoisotopic (exact) mass is 1080 g/mol. The minimum atomic E-state index is 0.189. The molecule has 0 saturated heterocycles. The van der Waals surface area contributed by atoms with Gasteiger partial charge in [-0.3, -0.25) is 0 Å². The normalized spacial score (nSPS) is 12.2. The lowest BCUT2D eigenvalue weighted by Gasteiger charge is -2.31. The highest BCUT2D eigenvalue weighted by molar-refractivity contribution is 5.47. The van der Waals surface area contributed by atoms with Crippen molar-refractivity contribution < 1.29 is 0 Å². The first-order valence-corrected chi connectivity index (χ1v) is 36.4. The van der Waals surface area contributed by atoms with Crippen molar-refractivity contribution in [3.63, 3.8) is 0 Å². The first-order chi connectivity index (χ1) is 38.1. The van der Waals surface area contributed by atoms with Crippen molar-refractivity contribution in [2.24, 2.45) is 0 Å². The quantitative estimate of drug-likeness (QED) is 0.0579. The highest BCUT2D eigenvalue weighted by atomic mass is 14.3. The molecule has 0 aliphatic carbocycles. The SMILES string of the molecule is CCCCCCCCCCCCCCc1ccc(C(C)(C)CCCCCCCCCCCCCC)cc1C(CCC)c1cc(C(C)(C)CCCCCCCCCCCCCC)ccc1CCCCCCCCCCCCCC. The summed E-state index contributed by atoms with van der Waals surface area (Å²) in [6.07, 6.45) is 75.8. The summed E-state index contributed by atoms with van der Waals surface area (Å²) in [5, 5.41) is 0. The standard InChI is InChI=1S/C78H142/c1-10-15-19-23-27-31-35-39-43-47-51-55-60-70-62-64-72(77(6,7)66-57-53-49-45-41-37-33-29-25-21-17-12-3)68-75(70)74(59-14-5)76-69-73(78(8,9)67-58-54-50-46-42-38-34-30-26-22-18-13-4)65-63-71(76)61-56-52-48-44-40-36-32-28-24-20-16-11-2/h62-65,68-69,74H,10-61,66-67H2,1-9H3. The van der Waals surface area contributed by atoms with Crippen LogP contribution in [0.4, 0.5) is 0 Å². The minimum absolute atomic E-state index is 0.189. The second-order valence-electron chi connectivity index (χ2n) is 27.5. The molecule has 0 fully saturated rings. The van der Waals surface area contributed by atoms with Crippen molar-refractivity contribution in [2.75, 3.05) is 0 Å². The van der Waals surface area contributed by atoms with Gasteiger partial charge < -0.3 is 0 Å². The van der Waals surface area contributed by atoms with Gasteiger partial charge in [0.1, 0.15) is 0 Å². The Morgan fingerprint density at radius 2 is 0.474 bits per heavy atom. The maximum absolute atomic E-state index is 2.80. The van der Waals surface area contributed by atoms with Crippen LogP contribution in [0.25, 0.3) is 0 Å². The van der Waals surface area contributed by atoms with Crippen molar-refractivity contribution in [1.82, 2.24) is 0 Å². The number of benzene rings is 2. The molecule has 78 heavy (non-hydrogen) atoms. The molecule has 2 aromatic carbocycles. The van der Waals surface area contributed by atoms with Crippen LogP contribution in [-0.4, -0.2) is 0 Å². The van der Waals surface area contributed by atoms with Gasteiger partial charge in [-0.05, 0) is 89.2 Å². The van der Waals surface area contributed by atoms with E-state index in [4.69, 9.17) is 0 Å². The second-order valence-corrected chi connectivity index (χ2v) is 27.5. The van der Waals surface area contributed by atoms with E-state index in [1.165, 1.54) is 347 Å². The maximum atomic E-state index is 2.80. The van der Waals surface area contributed by atoms with Crippen molar-refractivity contribution in [2.45, 2.75) is 426 Å². The predicted octanol–water partition coefficient (Wildman–Crippen LogP) is 27.8. The summed E-state index contributed by atoms with van der Waals surface area (Å²) in [7, 11) is 0. The average molecular weight is 1080 g/mol. The highest BCUT2D eigenvalue weighted by Gasteiger charge is 2.28. The molecule has 0 nitrogen and oxygen atoms in total. The second kappa shape index (κ2) is 50.0. The molecule has 2 rings (SSSR count). The fourth-order valence-corrected chi connectivity index (χ4v) is 13.3. The minimum Gasteiger partial charge on any atom is -0.0654 e. The molecule has 0 saturated carbocycles. The molecule has 0 atom stereocenters. The summed E-state index contributed by atoms with van der Waals surface area (Å²) in [5.74, 6) is 0.472. The molecule has 0 bridgehead atoms. The third-order valence-electron chi connectivity index (χ3n) is 19.1. The Balaban J connectivity index is 2.33. The van der Waals surface area contributed by atoms with E-state index in [1.807, 2.05) is 0 Å². The summed E-state index contributed by atoms with van der Waals surface area (Å²) < 4.78 is 0. The van der Waals surface area contributed by atoms with E-state index in [-0.39, 0.29) is 10.8 Å². The first-order valence-electron chi connectivity index (χ1n) is 36.4. The molecule has 0 N–H and O–H groups in total. The van der Waals surface area contributed by atoms with Crippen molar-refractivity contribution >= 4 is 0 Å². The lowest BCUT2D eigenvalue weighted by atomic mass is 9.73. The zero-order valence-electron chi connectivity index (χ0n) is 55.2. The number of rotatable bonds is 58. The summed E-state index contributed by atoms with van der Waals surface area (Å²) in [5.41, 5.74) is 10.3. The molecule has 0 aliphatic heterocycles. The van der Waals surface area contributed by atoms with Gasteiger partial charge in [-0.25, -0.2) is 0 Å². The van der Waals surface area contributed by atoms with E-state index in [0.29, 0.717) is 5.92 Å². The summed E-state index contributed by atoms with van der Waals surface area (Å²) in [6, 6.07) is 16.1. The van der Waals surface area contributed by atoms with Gasteiger partial charge in [0.15, 0.2) is 0 Å². The van der Waals surface area contributed by atoms with Gasteiger partial charge in [0.25, 0.3) is 0 Å². The van der Waals surface area contributed by atoms with Gasteiger partial charge >= 0.3 is 0 Å². The zero-order valence-corrected chi connectivity index (χ0v) is 55.2. The summed E-state index contributed by atoms with van der Waals surface area (Å²) >= 11 is 0. The molecule has 454 valence electrons. The van der Waals surface area contributed by atoms with E-state index >= 15 is 0 Å². The van der Waals surface area contributed by atoms with Crippen LogP contribution in [0.3, 0.4) is 0 Å². The number of hydrogen-bond acceptors (Lipinski definition) is 0. The van der Waals surface area contributed by atoms with Crippen molar-refractivity contribution in [3.05, 3.63) is 69.8 Å². The van der Waals surface area contributed by atoms with Crippen LogP contribution in [0.2, 0.25) is 0 Å². The Kier molecular flexibility index (Phi) is 46.5. The van der Waals surface area contributed by atoms with Crippen LogP contribution >= 0.6 is 0 Å². The van der Waals surface area contributed by atoms with Gasteiger partial charge in [0.05, 0.1) is 0 Å². The fourth-order valence-electron chi connectivity index (χ4n) is 13.3. The zero-order chi connectivity index (χ0) is 56.5.